The molecule has 0 unspecified atom stereocenters. The molecule has 1 rings (SSSR count). The van der Waals surface area contributed by atoms with Gasteiger partial charge in [0.25, 0.3) is 0 Å². The molecule has 1 aromatic heterocycles. The molecule has 80 valence electrons. The second kappa shape index (κ2) is 5.14. The molecular formula is C10H17NO3. The van der Waals surface area contributed by atoms with Gasteiger partial charge in [-0.2, -0.15) is 0 Å². The van der Waals surface area contributed by atoms with Crippen molar-refractivity contribution in [3.63, 3.8) is 0 Å². The van der Waals surface area contributed by atoms with Crippen molar-refractivity contribution in [2.24, 2.45) is 5.92 Å². The minimum atomic E-state index is -0.739. The van der Waals surface area contributed by atoms with Crippen molar-refractivity contribution >= 4 is 0 Å². The van der Waals surface area contributed by atoms with Gasteiger partial charge in [-0.05, 0) is 26.2 Å². The van der Waals surface area contributed by atoms with Gasteiger partial charge in [0, 0.05) is 12.5 Å². The van der Waals surface area contributed by atoms with Gasteiger partial charge in [-0.1, -0.05) is 0 Å². The van der Waals surface area contributed by atoms with Crippen LogP contribution in [0.2, 0.25) is 0 Å². The molecule has 4 nitrogen and oxygen atoms in total. The fraction of sp³-hybridized carbons (Fsp3) is 0.600. The molecule has 0 aromatic carbocycles. The zero-order valence-electron chi connectivity index (χ0n) is 8.55. The minimum absolute atomic E-state index is 0.0555. The standard InChI is InChI=1S/C10H17NO3/c1-11(2)6-8(7-12)10(13)9-4-3-5-14-9/h3-5,8,10,12-13H,6-7H2,1-2H3/t8-,10-/m1/s1. The van der Waals surface area contributed by atoms with Crippen LogP contribution in [-0.4, -0.2) is 42.4 Å². The topological polar surface area (TPSA) is 56.8 Å². The summed E-state index contributed by atoms with van der Waals surface area (Å²) in [5, 5.41) is 19.0. The van der Waals surface area contributed by atoms with E-state index in [-0.39, 0.29) is 12.5 Å². The molecule has 0 amide bonds. The highest BCUT2D eigenvalue weighted by Gasteiger charge is 2.22. The Morgan fingerprint density at radius 1 is 1.50 bits per heavy atom. The van der Waals surface area contributed by atoms with Crippen LogP contribution in [0.25, 0.3) is 0 Å². The Morgan fingerprint density at radius 3 is 2.64 bits per heavy atom. The van der Waals surface area contributed by atoms with E-state index in [4.69, 9.17) is 9.52 Å². The molecule has 4 heteroatoms. The van der Waals surface area contributed by atoms with Crippen LogP contribution in [0.5, 0.6) is 0 Å². The van der Waals surface area contributed by atoms with Gasteiger partial charge in [-0.15, -0.1) is 0 Å². The van der Waals surface area contributed by atoms with Gasteiger partial charge in [0.05, 0.1) is 12.9 Å². The van der Waals surface area contributed by atoms with Gasteiger partial charge in [0.2, 0.25) is 0 Å². The monoisotopic (exact) mass is 199 g/mol. The molecule has 0 radical (unpaired) electrons. The average molecular weight is 199 g/mol. The van der Waals surface area contributed by atoms with Crippen molar-refractivity contribution in [3.05, 3.63) is 24.2 Å². The van der Waals surface area contributed by atoms with Crippen LogP contribution >= 0.6 is 0 Å². The Morgan fingerprint density at radius 2 is 2.21 bits per heavy atom. The summed E-state index contributed by atoms with van der Waals surface area (Å²) in [6.07, 6.45) is 0.778. The molecule has 0 bridgehead atoms. The lowest BCUT2D eigenvalue weighted by molar-refractivity contribution is 0.0369. The number of hydrogen-bond donors (Lipinski definition) is 2. The maximum absolute atomic E-state index is 9.84. The van der Waals surface area contributed by atoms with E-state index in [0.29, 0.717) is 12.3 Å². The van der Waals surface area contributed by atoms with E-state index in [2.05, 4.69) is 0 Å². The van der Waals surface area contributed by atoms with Crippen LogP contribution in [-0.2, 0) is 0 Å². The van der Waals surface area contributed by atoms with E-state index in [9.17, 15) is 5.11 Å². The van der Waals surface area contributed by atoms with E-state index < -0.39 is 6.10 Å². The van der Waals surface area contributed by atoms with Gasteiger partial charge in [-0.25, -0.2) is 0 Å². The maximum atomic E-state index is 9.84. The summed E-state index contributed by atoms with van der Waals surface area (Å²) in [5.74, 6) is 0.294. The van der Waals surface area contributed by atoms with Crippen molar-refractivity contribution in [2.75, 3.05) is 27.2 Å². The molecule has 0 aliphatic rings. The van der Waals surface area contributed by atoms with E-state index in [0.717, 1.165) is 0 Å². The Balaban J connectivity index is 2.60. The van der Waals surface area contributed by atoms with Crippen molar-refractivity contribution in [1.29, 1.82) is 0 Å². The number of hydrogen-bond acceptors (Lipinski definition) is 4. The molecule has 0 spiro atoms. The molecule has 0 aliphatic carbocycles. The summed E-state index contributed by atoms with van der Waals surface area (Å²) in [6.45, 7) is 0.568. The molecule has 1 heterocycles. The van der Waals surface area contributed by atoms with Crippen LogP contribution in [0.1, 0.15) is 11.9 Å². The van der Waals surface area contributed by atoms with E-state index in [1.54, 1.807) is 12.1 Å². The van der Waals surface area contributed by atoms with E-state index >= 15 is 0 Å². The third-order valence-corrected chi connectivity index (χ3v) is 2.12. The molecule has 0 fully saturated rings. The second-order valence-electron chi connectivity index (χ2n) is 3.67. The Hall–Kier alpha value is -0.840. The summed E-state index contributed by atoms with van der Waals surface area (Å²) in [6, 6.07) is 3.44. The summed E-state index contributed by atoms with van der Waals surface area (Å²) in [4.78, 5) is 1.92. The van der Waals surface area contributed by atoms with E-state index in [1.807, 2.05) is 19.0 Å². The van der Waals surface area contributed by atoms with Crippen molar-refractivity contribution in [3.8, 4) is 0 Å². The quantitative estimate of drug-likeness (QED) is 0.724. The third kappa shape index (κ3) is 2.83. The molecule has 2 N–H and O–H groups in total. The first kappa shape index (κ1) is 11.2. The van der Waals surface area contributed by atoms with Gasteiger partial charge >= 0.3 is 0 Å². The fourth-order valence-corrected chi connectivity index (χ4v) is 1.42. The first-order valence-electron chi connectivity index (χ1n) is 4.62. The molecule has 1 aromatic rings. The highest BCUT2D eigenvalue weighted by atomic mass is 16.4. The minimum Gasteiger partial charge on any atom is -0.467 e. The lowest BCUT2D eigenvalue weighted by atomic mass is 10.0. The Kier molecular flexibility index (Phi) is 4.13. The number of aliphatic hydroxyl groups excluding tert-OH is 2. The third-order valence-electron chi connectivity index (χ3n) is 2.12. The van der Waals surface area contributed by atoms with Gasteiger partial charge in [0.15, 0.2) is 0 Å². The molecule has 0 aliphatic heterocycles. The summed E-state index contributed by atoms with van der Waals surface area (Å²) >= 11 is 0. The summed E-state index contributed by atoms with van der Waals surface area (Å²) in [5.41, 5.74) is 0. The number of aliphatic hydroxyl groups is 2. The van der Waals surface area contributed by atoms with Crippen LogP contribution in [0.15, 0.2) is 22.8 Å². The molecule has 0 saturated carbocycles. The summed E-state index contributed by atoms with van der Waals surface area (Å²) < 4.78 is 5.08. The Bertz CT molecular complexity index is 246. The zero-order chi connectivity index (χ0) is 10.6. The fourth-order valence-electron chi connectivity index (χ4n) is 1.42. The number of nitrogens with zero attached hydrogens (tertiary/aromatic N) is 1. The van der Waals surface area contributed by atoms with Crippen LogP contribution < -0.4 is 0 Å². The first-order valence-corrected chi connectivity index (χ1v) is 4.62. The predicted molar refractivity (Wildman–Crippen MR) is 52.8 cm³/mol. The van der Waals surface area contributed by atoms with Crippen molar-refractivity contribution in [2.45, 2.75) is 6.10 Å². The van der Waals surface area contributed by atoms with Crippen molar-refractivity contribution in [1.82, 2.24) is 4.90 Å². The Labute approximate surface area is 83.8 Å². The van der Waals surface area contributed by atoms with Gasteiger partial charge < -0.3 is 19.5 Å². The summed E-state index contributed by atoms with van der Waals surface area (Å²) in [7, 11) is 3.80. The van der Waals surface area contributed by atoms with Crippen LogP contribution in [0.3, 0.4) is 0 Å². The van der Waals surface area contributed by atoms with Gasteiger partial charge in [0.1, 0.15) is 11.9 Å². The van der Waals surface area contributed by atoms with Crippen LogP contribution in [0, 0.1) is 5.92 Å². The highest BCUT2D eigenvalue weighted by Crippen LogP contribution is 2.22. The smallest absolute Gasteiger partial charge is 0.132 e. The largest absolute Gasteiger partial charge is 0.467 e. The van der Waals surface area contributed by atoms with Crippen LogP contribution in [0.4, 0.5) is 0 Å². The highest BCUT2D eigenvalue weighted by molar-refractivity contribution is 5.03. The normalized spacial score (nSPS) is 15.8. The lowest BCUT2D eigenvalue weighted by Gasteiger charge is -2.22. The SMILES string of the molecule is CN(C)C[C@H](CO)[C@@H](O)c1ccco1. The van der Waals surface area contributed by atoms with E-state index in [1.165, 1.54) is 6.26 Å². The average Bonchev–Trinajstić information content (AvgIpc) is 2.65. The zero-order valence-corrected chi connectivity index (χ0v) is 8.55. The predicted octanol–water partition coefficient (Wildman–Crippen LogP) is 0.483. The van der Waals surface area contributed by atoms with Gasteiger partial charge in [-0.3, -0.25) is 0 Å². The number of furan rings is 1. The molecule has 14 heavy (non-hydrogen) atoms. The lowest BCUT2D eigenvalue weighted by Crippen LogP contribution is -2.29. The second-order valence-corrected chi connectivity index (χ2v) is 3.67. The van der Waals surface area contributed by atoms with Crippen molar-refractivity contribution < 1.29 is 14.6 Å². The first-order chi connectivity index (χ1) is 6.65. The molecule has 0 saturated heterocycles. The molecular weight excluding hydrogens is 182 g/mol. The maximum Gasteiger partial charge on any atom is 0.132 e. The number of rotatable bonds is 5. The molecule has 2 atom stereocenters.